The highest BCUT2D eigenvalue weighted by Crippen LogP contribution is 2.17. The highest BCUT2D eigenvalue weighted by atomic mass is 16.4. The average Bonchev–Trinajstić information content (AvgIpc) is 2.66. The highest BCUT2D eigenvalue weighted by Gasteiger charge is 2.29. The summed E-state index contributed by atoms with van der Waals surface area (Å²) in [6, 6.07) is 7.87. The van der Waals surface area contributed by atoms with Gasteiger partial charge in [-0.15, -0.1) is 0 Å². The first-order valence-corrected chi connectivity index (χ1v) is 9.34. The third kappa shape index (κ3) is 9.59. The Morgan fingerprint density at radius 1 is 0.964 bits per heavy atom. The van der Waals surface area contributed by atoms with Crippen LogP contribution in [-0.2, 0) is 11.2 Å². The third-order valence-corrected chi connectivity index (χ3v) is 4.23. The second-order valence-corrected chi connectivity index (χ2v) is 7.26. The SMILES string of the molecule is CC(C)Cc1ccc([C@H](C)C(=O)O)cc1.CNC[C@H](O)[C@@H](O)[C@H](O)[C@H](O)CO. The lowest BCUT2D eigenvalue weighted by Crippen LogP contribution is -2.48. The number of carboxylic acids is 1. The van der Waals surface area contributed by atoms with Gasteiger partial charge in [0.25, 0.3) is 0 Å². The summed E-state index contributed by atoms with van der Waals surface area (Å²) >= 11 is 0. The van der Waals surface area contributed by atoms with Crippen LogP contribution in [0.15, 0.2) is 24.3 Å². The van der Waals surface area contributed by atoms with E-state index >= 15 is 0 Å². The van der Waals surface area contributed by atoms with Crippen LogP contribution in [0.25, 0.3) is 0 Å². The lowest BCUT2D eigenvalue weighted by atomic mass is 9.97. The van der Waals surface area contributed by atoms with E-state index in [4.69, 9.17) is 25.5 Å². The van der Waals surface area contributed by atoms with Crippen molar-refractivity contribution in [2.75, 3.05) is 20.2 Å². The number of likely N-dealkylation sites (N-methyl/N-ethyl adjacent to an activating group) is 1. The van der Waals surface area contributed by atoms with E-state index in [0.717, 1.165) is 12.0 Å². The van der Waals surface area contributed by atoms with Gasteiger partial charge in [-0.05, 0) is 37.4 Å². The van der Waals surface area contributed by atoms with Crippen molar-refractivity contribution in [1.29, 1.82) is 0 Å². The van der Waals surface area contributed by atoms with Gasteiger partial charge in [-0.2, -0.15) is 0 Å². The zero-order chi connectivity index (χ0) is 21.9. The van der Waals surface area contributed by atoms with Crippen molar-refractivity contribution in [3.63, 3.8) is 0 Å². The summed E-state index contributed by atoms with van der Waals surface area (Å²) in [5.41, 5.74) is 2.14. The Morgan fingerprint density at radius 3 is 1.86 bits per heavy atom. The maximum atomic E-state index is 10.8. The van der Waals surface area contributed by atoms with Gasteiger partial charge in [-0.25, -0.2) is 0 Å². The number of carbonyl (C=O) groups is 1. The number of rotatable bonds is 10. The molecule has 0 unspecified atom stereocenters. The number of aliphatic hydroxyl groups is 5. The molecule has 0 spiro atoms. The van der Waals surface area contributed by atoms with Crippen molar-refractivity contribution >= 4 is 5.97 Å². The Hall–Kier alpha value is -1.55. The zero-order valence-corrected chi connectivity index (χ0v) is 17.0. The summed E-state index contributed by atoms with van der Waals surface area (Å²) in [7, 11) is 1.57. The minimum Gasteiger partial charge on any atom is -0.481 e. The predicted molar refractivity (Wildman–Crippen MR) is 106 cm³/mol. The summed E-state index contributed by atoms with van der Waals surface area (Å²) in [5.74, 6) is -0.558. The zero-order valence-electron chi connectivity index (χ0n) is 17.0. The van der Waals surface area contributed by atoms with Crippen molar-refractivity contribution in [3.8, 4) is 0 Å². The second kappa shape index (κ2) is 13.6. The van der Waals surface area contributed by atoms with Gasteiger partial charge in [0.05, 0.1) is 18.6 Å². The summed E-state index contributed by atoms with van der Waals surface area (Å²) in [5, 5.41) is 56.3. The van der Waals surface area contributed by atoms with Gasteiger partial charge in [0.1, 0.15) is 18.3 Å². The number of aliphatic hydroxyl groups excluding tert-OH is 5. The first-order chi connectivity index (χ1) is 13.0. The Kier molecular flexibility index (Phi) is 12.8. The Labute approximate surface area is 166 Å². The monoisotopic (exact) mass is 401 g/mol. The molecule has 7 N–H and O–H groups in total. The molecular weight excluding hydrogens is 366 g/mol. The van der Waals surface area contributed by atoms with Crippen molar-refractivity contribution < 1.29 is 35.4 Å². The van der Waals surface area contributed by atoms with Gasteiger partial charge < -0.3 is 36.0 Å². The van der Waals surface area contributed by atoms with E-state index < -0.39 is 42.9 Å². The molecule has 162 valence electrons. The predicted octanol–water partition coefficient (Wildman–Crippen LogP) is -0.285. The largest absolute Gasteiger partial charge is 0.481 e. The molecule has 0 aliphatic rings. The molecule has 0 saturated carbocycles. The molecule has 1 aromatic carbocycles. The Bertz CT molecular complexity index is 550. The van der Waals surface area contributed by atoms with Crippen molar-refractivity contribution in [2.45, 2.75) is 57.5 Å². The van der Waals surface area contributed by atoms with Crippen LogP contribution < -0.4 is 5.32 Å². The topological polar surface area (TPSA) is 150 Å². The Balaban J connectivity index is 0.000000528. The molecular formula is C20H35NO7. The third-order valence-electron chi connectivity index (χ3n) is 4.23. The first-order valence-electron chi connectivity index (χ1n) is 9.34. The first kappa shape index (κ1) is 26.4. The van der Waals surface area contributed by atoms with Gasteiger partial charge in [0.15, 0.2) is 0 Å². The van der Waals surface area contributed by atoms with E-state index in [1.54, 1.807) is 14.0 Å². The summed E-state index contributed by atoms with van der Waals surface area (Å²) in [6.07, 6.45) is -4.60. The fourth-order valence-electron chi connectivity index (χ4n) is 2.45. The molecule has 28 heavy (non-hydrogen) atoms. The van der Waals surface area contributed by atoms with Crippen LogP contribution in [0.1, 0.15) is 37.8 Å². The van der Waals surface area contributed by atoms with E-state index in [9.17, 15) is 9.90 Å². The van der Waals surface area contributed by atoms with Gasteiger partial charge >= 0.3 is 5.97 Å². The highest BCUT2D eigenvalue weighted by molar-refractivity contribution is 5.75. The van der Waals surface area contributed by atoms with E-state index in [1.165, 1.54) is 5.56 Å². The quantitative estimate of drug-likeness (QED) is 0.283. The van der Waals surface area contributed by atoms with Crippen LogP contribution in [0.3, 0.4) is 0 Å². The van der Waals surface area contributed by atoms with Gasteiger partial charge in [0.2, 0.25) is 0 Å². The molecule has 0 amide bonds. The van der Waals surface area contributed by atoms with Crippen molar-refractivity contribution in [2.24, 2.45) is 5.92 Å². The molecule has 1 aromatic rings. The van der Waals surface area contributed by atoms with Crippen LogP contribution in [0.5, 0.6) is 0 Å². The van der Waals surface area contributed by atoms with Crippen LogP contribution in [0.4, 0.5) is 0 Å². The molecule has 0 bridgehead atoms. The molecule has 8 heteroatoms. The molecule has 5 atom stereocenters. The molecule has 8 nitrogen and oxygen atoms in total. The molecule has 1 rings (SSSR count). The number of hydrogen-bond donors (Lipinski definition) is 7. The molecule has 0 aromatic heterocycles. The molecule has 0 saturated heterocycles. The molecule has 0 fully saturated rings. The average molecular weight is 402 g/mol. The summed E-state index contributed by atoms with van der Waals surface area (Å²) in [6.45, 7) is 5.49. The lowest BCUT2D eigenvalue weighted by Gasteiger charge is -2.25. The normalized spacial score (nSPS) is 16.5. The summed E-state index contributed by atoms with van der Waals surface area (Å²) in [4.78, 5) is 10.8. The minimum absolute atomic E-state index is 0.0936. The van der Waals surface area contributed by atoms with Crippen LogP contribution in [0, 0.1) is 5.92 Å². The van der Waals surface area contributed by atoms with Crippen LogP contribution in [0.2, 0.25) is 0 Å². The fraction of sp³-hybridized carbons (Fsp3) is 0.650. The van der Waals surface area contributed by atoms with Gasteiger partial charge in [0, 0.05) is 6.54 Å². The van der Waals surface area contributed by atoms with E-state index in [1.807, 2.05) is 24.3 Å². The smallest absolute Gasteiger partial charge is 0.310 e. The van der Waals surface area contributed by atoms with E-state index in [-0.39, 0.29) is 6.54 Å². The maximum absolute atomic E-state index is 10.8. The summed E-state index contributed by atoms with van der Waals surface area (Å²) < 4.78 is 0. The fourth-order valence-corrected chi connectivity index (χ4v) is 2.45. The maximum Gasteiger partial charge on any atom is 0.310 e. The molecule has 0 aliphatic carbocycles. The number of carboxylic acid groups (broad SMARTS) is 1. The second-order valence-electron chi connectivity index (χ2n) is 7.26. The number of hydrogen-bond acceptors (Lipinski definition) is 7. The lowest BCUT2D eigenvalue weighted by molar-refractivity contribution is -0.138. The van der Waals surface area contributed by atoms with Crippen molar-refractivity contribution in [3.05, 3.63) is 35.4 Å². The Morgan fingerprint density at radius 2 is 1.46 bits per heavy atom. The molecule has 0 heterocycles. The van der Waals surface area contributed by atoms with Crippen LogP contribution in [-0.4, -0.2) is 81.2 Å². The van der Waals surface area contributed by atoms with Crippen molar-refractivity contribution in [1.82, 2.24) is 5.32 Å². The van der Waals surface area contributed by atoms with Gasteiger partial charge in [-0.3, -0.25) is 4.79 Å². The van der Waals surface area contributed by atoms with E-state index in [0.29, 0.717) is 5.92 Å². The number of benzene rings is 1. The standard InChI is InChI=1S/C13H18O2.C7H17NO5/c1-9(2)8-11-4-6-12(7-5-11)10(3)13(14)15;1-8-2-4(10)6(12)7(13)5(11)3-9/h4-7,9-10H,8H2,1-3H3,(H,14,15);4-13H,2-3H2,1H3/t10-;4-,5+,6+,7+/m00/s1. The minimum atomic E-state index is -1.55. The number of aliphatic carboxylic acids is 1. The molecule has 0 aliphatic heterocycles. The molecule has 0 radical (unpaired) electrons. The number of nitrogens with one attached hydrogen (secondary N) is 1. The van der Waals surface area contributed by atoms with Crippen LogP contribution >= 0.6 is 0 Å². The van der Waals surface area contributed by atoms with Gasteiger partial charge in [-0.1, -0.05) is 38.1 Å². The van der Waals surface area contributed by atoms with E-state index in [2.05, 4.69) is 19.2 Å².